The first kappa shape index (κ1) is 14.2. The lowest BCUT2D eigenvalue weighted by Gasteiger charge is -2.18. The molecule has 9 rings (SSSR count). The first-order valence-electron chi connectivity index (χ1n) is 22.1. The molecule has 1 heteroatoms. The van der Waals surface area contributed by atoms with E-state index in [1.54, 1.807) is 48.5 Å². The lowest BCUT2D eigenvalue weighted by molar-refractivity contribution is 0.669. The van der Waals surface area contributed by atoms with Crippen LogP contribution in [0.15, 0.2) is 174 Å². The van der Waals surface area contributed by atoms with Crippen molar-refractivity contribution in [1.82, 2.24) is 0 Å². The SMILES string of the molecule is [2H]c1c([2H])c([2H])c(-c2ccc(-c3c4ccccc4c(-c4c([2H])c(-c5c([2H])c([2H])c([2H])c([2H])c5[2H])c5c(oc6c([2H])c([2H])c([2H])c([2H])c65)c4[2H])c4ccccc34)cc2)c([2H])c1[2H]. The van der Waals surface area contributed by atoms with Gasteiger partial charge < -0.3 is 4.42 Å². The molecule has 0 amide bonds. The average molecular weight is 589 g/mol. The summed E-state index contributed by atoms with van der Waals surface area (Å²) in [6, 6.07) is 12.9. The highest BCUT2D eigenvalue weighted by molar-refractivity contribution is 6.23. The summed E-state index contributed by atoms with van der Waals surface area (Å²) in [6.07, 6.45) is 0. The average Bonchev–Trinajstić information content (AvgIpc) is 3.67. The van der Waals surface area contributed by atoms with Crippen molar-refractivity contribution in [3.8, 4) is 44.5 Å². The molecule has 0 aliphatic heterocycles. The van der Waals surface area contributed by atoms with Crippen molar-refractivity contribution in [2.24, 2.45) is 0 Å². The number of furan rings is 1. The maximum absolute atomic E-state index is 9.96. The van der Waals surface area contributed by atoms with Gasteiger partial charge in [-0.25, -0.2) is 0 Å². The molecule has 210 valence electrons. The fraction of sp³-hybridized carbons (Fsp3) is 0. The molecule has 0 saturated heterocycles. The second-order valence-electron chi connectivity index (χ2n) is 10.4. The van der Waals surface area contributed by atoms with Crippen LogP contribution in [0.2, 0.25) is 0 Å². The number of benzene rings is 8. The Morgan fingerprint density at radius 2 is 0.889 bits per heavy atom. The minimum absolute atomic E-state index is 0.0425. The molecule has 1 heterocycles. The summed E-state index contributed by atoms with van der Waals surface area (Å²) >= 11 is 0. The zero-order valence-electron chi connectivity index (χ0n) is 39.3. The van der Waals surface area contributed by atoms with E-state index in [2.05, 4.69) is 0 Å². The third-order valence-electron chi connectivity index (χ3n) is 7.97. The molecular weight excluding hydrogens is 544 g/mol. The predicted molar refractivity (Wildman–Crippen MR) is 190 cm³/mol. The van der Waals surface area contributed by atoms with E-state index in [4.69, 9.17) is 23.6 Å². The van der Waals surface area contributed by atoms with Crippen molar-refractivity contribution >= 4 is 43.5 Å². The highest BCUT2D eigenvalue weighted by Gasteiger charge is 2.20. The summed E-state index contributed by atoms with van der Waals surface area (Å²) in [7, 11) is 0. The van der Waals surface area contributed by atoms with E-state index in [0.717, 1.165) is 5.56 Å². The molecule has 0 spiro atoms. The zero-order chi connectivity index (χ0) is 43.7. The Morgan fingerprint density at radius 3 is 1.51 bits per heavy atom. The largest absolute Gasteiger partial charge is 0.456 e. The normalized spacial score (nSPS) is 16.5. The van der Waals surface area contributed by atoms with Gasteiger partial charge in [-0.1, -0.05) is 151 Å². The fourth-order valence-electron chi connectivity index (χ4n) is 6.07. The minimum Gasteiger partial charge on any atom is -0.456 e. The van der Waals surface area contributed by atoms with E-state index < -0.39 is 84.1 Å². The molecule has 0 saturated carbocycles. The second kappa shape index (κ2) is 10.4. The molecule has 8 aromatic carbocycles. The van der Waals surface area contributed by atoms with E-state index in [1.807, 2.05) is 24.3 Å². The summed E-state index contributed by atoms with van der Waals surface area (Å²) in [6.45, 7) is 0. The van der Waals surface area contributed by atoms with Gasteiger partial charge in [0.1, 0.15) is 11.2 Å². The maximum Gasteiger partial charge on any atom is 0.136 e. The van der Waals surface area contributed by atoms with Crippen LogP contribution in [0.1, 0.15) is 21.9 Å². The summed E-state index contributed by atoms with van der Waals surface area (Å²) < 4.78 is 145. The summed E-state index contributed by atoms with van der Waals surface area (Å²) in [4.78, 5) is 0. The summed E-state index contributed by atoms with van der Waals surface area (Å²) in [5.41, 5.74) is 0.969. The summed E-state index contributed by atoms with van der Waals surface area (Å²) in [5.74, 6) is 0. The lowest BCUT2D eigenvalue weighted by atomic mass is 9.84. The van der Waals surface area contributed by atoms with Gasteiger partial charge in [0.05, 0.1) is 21.9 Å². The van der Waals surface area contributed by atoms with Gasteiger partial charge in [0.25, 0.3) is 0 Å². The van der Waals surface area contributed by atoms with Gasteiger partial charge in [-0.3, -0.25) is 0 Å². The predicted octanol–water partition coefficient (Wildman–Crippen LogP) is 12.6. The molecule has 0 radical (unpaired) electrons. The molecule has 0 aliphatic carbocycles. The van der Waals surface area contributed by atoms with Crippen LogP contribution in [0.3, 0.4) is 0 Å². The van der Waals surface area contributed by atoms with Crippen LogP contribution in [0.4, 0.5) is 0 Å². The van der Waals surface area contributed by atoms with Crippen molar-refractivity contribution in [2.45, 2.75) is 0 Å². The molecule has 0 bridgehead atoms. The minimum atomic E-state index is -0.687. The molecular formula is C44H28O. The highest BCUT2D eigenvalue weighted by Crippen LogP contribution is 2.46. The van der Waals surface area contributed by atoms with E-state index in [9.17, 15) is 2.74 Å². The molecule has 1 nitrogen and oxygen atoms in total. The van der Waals surface area contributed by atoms with Crippen LogP contribution >= 0.6 is 0 Å². The molecule has 0 unspecified atom stereocenters. The molecule has 0 N–H and O–H groups in total. The van der Waals surface area contributed by atoms with Crippen LogP contribution < -0.4 is 0 Å². The van der Waals surface area contributed by atoms with Gasteiger partial charge in [0, 0.05) is 10.8 Å². The Labute approximate surface area is 284 Å². The van der Waals surface area contributed by atoms with Crippen molar-refractivity contribution in [3.05, 3.63) is 169 Å². The Balaban J connectivity index is 1.41. The van der Waals surface area contributed by atoms with Crippen LogP contribution in [-0.4, -0.2) is 0 Å². The third-order valence-corrected chi connectivity index (χ3v) is 7.97. The first-order chi connectivity index (χ1) is 29.0. The van der Waals surface area contributed by atoms with Crippen LogP contribution in [-0.2, 0) is 0 Å². The first-order valence-corrected chi connectivity index (χ1v) is 14.1. The Bertz CT molecular complexity index is 3310. The number of hydrogen-bond donors (Lipinski definition) is 0. The van der Waals surface area contributed by atoms with Crippen LogP contribution in [0, 0.1) is 0 Å². The lowest BCUT2D eigenvalue weighted by Crippen LogP contribution is -1.92. The van der Waals surface area contributed by atoms with Crippen molar-refractivity contribution in [1.29, 1.82) is 0 Å². The molecule has 0 atom stereocenters. The van der Waals surface area contributed by atoms with Gasteiger partial charge in [-0.05, 0) is 84.2 Å². The number of fused-ring (bicyclic) bond motifs is 5. The van der Waals surface area contributed by atoms with Gasteiger partial charge in [0.15, 0.2) is 0 Å². The van der Waals surface area contributed by atoms with Gasteiger partial charge in [-0.15, -0.1) is 0 Å². The molecule has 0 fully saturated rings. The third kappa shape index (κ3) is 4.17. The topological polar surface area (TPSA) is 13.1 Å². The van der Waals surface area contributed by atoms with Gasteiger partial charge in [-0.2, -0.15) is 0 Å². The van der Waals surface area contributed by atoms with Crippen LogP contribution in [0.25, 0.3) is 88.0 Å². The van der Waals surface area contributed by atoms with Crippen molar-refractivity contribution < 1.29 is 26.3 Å². The van der Waals surface area contributed by atoms with Gasteiger partial charge in [0.2, 0.25) is 0 Å². The number of para-hydroxylation sites is 1. The Hall–Kier alpha value is -5.92. The molecule has 45 heavy (non-hydrogen) atoms. The van der Waals surface area contributed by atoms with E-state index in [-0.39, 0.29) is 56.8 Å². The molecule has 1 aromatic heterocycles. The Kier molecular flexibility index (Phi) is 3.28. The van der Waals surface area contributed by atoms with Crippen molar-refractivity contribution in [3.63, 3.8) is 0 Å². The quantitative estimate of drug-likeness (QED) is 0.186. The monoisotopic (exact) mass is 588 g/mol. The highest BCUT2D eigenvalue weighted by atomic mass is 16.3. The standard InChI is InChI=1S/C44H28O/c1-3-13-29(14-4-1)30-23-25-32(26-24-30)42-34-17-7-9-19-36(34)43(37-20-10-8-18-35(37)42)33-27-39(31-15-5-2-6-16-31)44-38-21-11-12-22-40(38)45-41(44)28-33/h1-28H/i1D,2D,3D,4D,5D,6D,11D,12D,13D,14D,15D,16D,21D,22D,27D,28D. The van der Waals surface area contributed by atoms with Crippen molar-refractivity contribution in [2.75, 3.05) is 0 Å². The second-order valence-corrected chi connectivity index (χ2v) is 10.4. The Morgan fingerprint density at radius 1 is 0.378 bits per heavy atom. The number of hydrogen-bond acceptors (Lipinski definition) is 1. The molecule has 9 aromatic rings. The van der Waals surface area contributed by atoms with Crippen LogP contribution in [0.5, 0.6) is 0 Å². The van der Waals surface area contributed by atoms with E-state index in [0.29, 0.717) is 38.2 Å². The van der Waals surface area contributed by atoms with Gasteiger partial charge >= 0.3 is 0 Å². The van der Waals surface area contributed by atoms with E-state index in [1.165, 1.54) is 0 Å². The summed E-state index contributed by atoms with van der Waals surface area (Å²) in [5, 5.41) is 2.08. The zero-order valence-corrected chi connectivity index (χ0v) is 23.3. The number of rotatable bonds is 4. The molecule has 0 aliphatic rings. The van der Waals surface area contributed by atoms with E-state index >= 15 is 0 Å². The smallest absolute Gasteiger partial charge is 0.136 e. The fourth-order valence-corrected chi connectivity index (χ4v) is 6.07. The maximum atomic E-state index is 9.96.